The number of aromatic nitrogens is 2. The van der Waals surface area contributed by atoms with Gasteiger partial charge in [-0.15, -0.1) is 0 Å². The molecule has 1 saturated heterocycles. The molecule has 0 spiro atoms. The molecule has 0 radical (unpaired) electrons. The Bertz CT molecular complexity index is 860. The fourth-order valence-corrected chi connectivity index (χ4v) is 3.56. The number of benzene rings is 2. The molecule has 5 nitrogen and oxygen atoms in total. The topological polar surface area (TPSA) is 66.3 Å². The van der Waals surface area contributed by atoms with E-state index in [0.29, 0.717) is 13.0 Å². The van der Waals surface area contributed by atoms with Gasteiger partial charge < -0.3 is 10.0 Å². The molecule has 6 heteroatoms. The van der Waals surface area contributed by atoms with Crippen LogP contribution in [0.25, 0.3) is 22.2 Å². The van der Waals surface area contributed by atoms with Gasteiger partial charge in [-0.05, 0) is 23.8 Å². The first-order valence-electron chi connectivity index (χ1n) is 7.49. The van der Waals surface area contributed by atoms with Crippen molar-refractivity contribution in [3.05, 3.63) is 42.5 Å². The summed E-state index contributed by atoms with van der Waals surface area (Å²) < 4.78 is 8.63. The van der Waals surface area contributed by atoms with Gasteiger partial charge in [0, 0.05) is 36.7 Å². The van der Waals surface area contributed by atoms with Gasteiger partial charge in [0.15, 0.2) is 0 Å². The highest BCUT2D eigenvalue weighted by Crippen LogP contribution is 2.30. The normalized spacial score (nSPS) is 18.0. The van der Waals surface area contributed by atoms with Gasteiger partial charge in [0.25, 0.3) is 0 Å². The van der Waals surface area contributed by atoms with Gasteiger partial charge in [0.1, 0.15) is 11.0 Å². The molecule has 1 amide bonds. The third-order valence-corrected chi connectivity index (χ3v) is 4.78. The average Bonchev–Trinajstić information content (AvgIpc) is 3.21. The number of rotatable bonds is 3. The molecule has 1 fully saturated rings. The molecule has 0 aliphatic carbocycles. The van der Waals surface area contributed by atoms with Crippen molar-refractivity contribution in [1.82, 2.24) is 8.75 Å². The van der Waals surface area contributed by atoms with E-state index in [1.54, 1.807) is 4.90 Å². The van der Waals surface area contributed by atoms with Gasteiger partial charge in [-0.2, -0.15) is 8.75 Å². The second kappa shape index (κ2) is 5.72. The van der Waals surface area contributed by atoms with E-state index in [1.165, 1.54) is 11.7 Å². The van der Waals surface area contributed by atoms with Crippen LogP contribution < -0.4 is 4.90 Å². The number of anilines is 1. The van der Waals surface area contributed by atoms with Crippen LogP contribution >= 0.6 is 11.7 Å². The maximum Gasteiger partial charge on any atom is 0.227 e. The summed E-state index contributed by atoms with van der Waals surface area (Å²) in [5.41, 5.74) is 4.78. The third kappa shape index (κ3) is 2.50. The van der Waals surface area contributed by atoms with Gasteiger partial charge >= 0.3 is 0 Å². The first kappa shape index (κ1) is 14.3. The molecule has 1 atom stereocenters. The number of hydrogen-bond acceptors (Lipinski definition) is 5. The van der Waals surface area contributed by atoms with E-state index in [2.05, 4.69) is 8.75 Å². The van der Waals surface area contributed by atoms with Crippen molar-refractivity contribution in [2.24, 2.45) is 5.92 Å². The number of amides is 1. The molecule has 0 saturated carbocycles. The Balaban J connectivity index is 1.66. The number of aliphatic hydroxyl groups excluding tert-OH is 1. The van der Waals surface area contributed by atoms with Gasteiger partial charge in [-0.1, -0.05) is 24.3 Å². The van der Waals surface area contributed by atoms with Crippen LogP contribution in [0.15, 0.2) is 42.5 Å². The van der Waals surface area contributed by atoms with Crippen molar-refractivity contribution < 1.29 is 9.90 Å². The van der Waals surface area contributed by atoms with E-state index < -0.39 is 0 Å². The zero-order valence-corrected chi connectivity index (χ0v) is 13.2. The summed E-state index contributed by atoms with van der Waals surface area (Å²) in [5.74, 6) is 0.111. The number of aliphatic hydroxyl groups is 1. The zero-order valence-electron chi connectivity index (χ0n) is 12.3. The highest BCUT2D eigenvalue weighted by Gasteiger charge is 2.29. The molecule has 0 bridgehead atoms. The standard InChI is InChI=1S/C17H15N3O2S/c21-10-11-8-16(22)20(9-11)13-6-4-12(5-7-13)14-2-1-3-15-17(14)19-23-18-15/h1-7,11,21H,8-10H2. The van der Waals surface area contributed by atoms with Crippen LogP contribution in [0.2, 0.25) is 0 Å². The van der Waals surface area contributed by atoms with Gasteiger partial charge in [0.05, 0.1) is 11.7 Å². The maximum absolute atomic E-state index is 12.0. The minimum Gasteiger partial charge on any atom is -0.396 e. The second-order valence-corrected chi connectivity index (χ2v) is 6.27. The van der Waals surface area contributed by atoms with Crippen LogP contribution in [0, 0.1) is 5.92 Å². The number of fused-ring (bicyclic) bond motifs is 1. The van der Waals surface area contributed by atoms with Crippen molar-refractivity contribution >= 4 is 34.4 Å². The third-order valence-electron chi connectivity index (χ3n) is 4.24. The quantitative estimate of drug-likeness (QED) is 0.804. The summed E-state index contributed by atoms with van der Waals surface area (Å²) in [4.78, 5) is 13.8. The van der Waals surface area contributed by atoms with Crippen molar-refractivity contribution in [2.45, 2.75) is 6.42 Å². The summed E-state index contributed by atoms with van der Waals surface area (Å²) in [5, 5.41) is 9.23. The van der Waals surface area contributed by atoms with Crippen LogP contribution in [0.3, 0.4) is 0 Å². The SMILES string of the molecule is O=C1CC(CO)CN1c1ccc(-c2cccc3nsnc23)cc1. The highest BCUT2D eigenvalue weighted by molar-refractivity contribution is 7.00. The Kier molecular flexibility index (Phi) is 3.55. The average molecular weight is 325 g/mol. The number of carbonyl (C=O) groups excluding carboxylic acids is 1. The molecule has 1 unspecified atom stereocenters. The fourth-order valence-electron chi connectivity index (χ4n) is 3.01. The first-order valence-corrected chi connectivity index (χ1v) is 8.22. The molecular formula is C17H15N3O2S. The van der Waals surface area contributed by atoms with Crippen LogP contribution in [0.4, 0.5) is 5.69 Å². The molecule has 1 aromatic heterocycles. The van der Waals surface area contributed by atoms with Gasteiger partial charge in [-0.3, -0.25) is 4.79 Å². The largest absolute Gasteiger partial charge is 0.396 e. The predicted octanol–water partition coefficient (Wildman–Crippen LogP) is 2.70. The maximum atomic E-state index is 12.0. The highest BCUT2D eigenvalue weighted by atomic mass is 32.1. The molecule has 2 heterocycles. The number of hydrogen-bond donors (Lipinski definition) is 1. The van der Waals surface area contributed by atoms with Crippen LogP contribution in [-0.4, -0.2) is 32.9 Å². The van der Waals surface area contributed by atoms with E-state index in [4.69, 9.17) is 0 Å². The van der Waals surface area contributed by atoms with E-state index in [9.17, 15) is 9.90 Å². The van der Waals surface area contributed by atoms with Crippen LogP contribution in [0.5, 0.6) is 0 Å². The van der Waals surface area contributed by atoms with E-state index in [-0.39, 0.29) is 18.4 Å². The Labute approximate surface area is 137 Å². The number of nitrogens with zero attached hydrogens (tertiary/aromatic N) is 3. The smallest absolute Gasteiger partial charge is 0.227 e. The van der Waals surface area contributed by atoms with E-state index >= 15 is 0 Å². The zero-order chi connectivity index (χ0) is 15.8. The summed E-state index contributed by atoms with van der Waals surface area (Å²) in [6.07, 6.45) is 0.419. The molecule has 1 aliphatic rings. The first-order chi connectivity index (χ1) is 11.3. The van der Waals surface area contributed by atoms with E-state index in [1.807, 2.05) is 42.5 Å². The summed E-state index contributed by atoms with van der Waals surface area (Å²) in [7, 11) is 0. The number of carbonyl (C=O) groups is 1. The predicted molar refractivity (Wildman–Crippen MR) is 90.4 cm³/mol. The molecular weight excluding hydrogens is 310 g/mol. The van der Waals surface area contributed by atoms with Crippen LogP contribution in [-0.2, 0) is 4.79 Å². The minimum atomic E-state index is 0.0389. The lowest BCUT2D eigenvalue weighted by Gasteiger charge is -2.17. The monoisotopic (exact) mass is 325 g/mol. The molecule has 116 valence electrons. The lowest BCUT2D eigenvalue weighted by atomic mass is 10.0. The molecule has 3 aromatic rings. The fraction of sp³-hybridized carbons (Fsp3) is 0.235. The Morgan fingerprint density at radius 2 is 2.00 bits per heavy atom. The summed E-state index contributed by atoms with van der Waals surface area (Å²) >= 11 is 1.21. The van der Waals surface area contributed by atoms with Crippen LogP contribution in [0.1, 0.15) is 6.42 Å². The summed E-state index contributed by atoms with van der Waals surface area (Å²) in [6, 6.07) is 13.9. The Morgan fingerprint density at radius 1 is 1.17 bits per heavy atom. The second-order valence-electron chi connectivity index (χ2n) is 5.74. The van der Waals surface area contributed by atoms with Crippen molar-refractivity contribution in [3.63, 3.8) is 0 Å². The Hall–Kier alpha value is -2.31. The molecule has 23 heavy (non-hydrogen) atoms. The Morgan fingerprint density at radius 3 is 2.74 bits per heavy atom. The minimum absolute atomic E-state index is 0.0389. The molecule has 1 N–H and O–H groups in total. The summed E-state index contributed by atoms with van der Waals surface area (Å²) in [6.45, 7) is 0.638. The van der Waals surface area contributed by atoms with Gasteiger partial charge in [-0.25, -0.2) is 0 Å². The van der Waals surface area contributed by atoms with E-state index in [0.717, 1.165) is 27.8 Å². The lowest BCUT2D eigenvalue weighted by Crippen LogP contribution is -2.24. The molecule has 1 aliphatic heterocycles. The molecule has 4 rings (SSSR count). The van der Waals surface area contributed by atoms with Gasteiger partial charge in [0.2, 0.25) is 5.91 Å². The van der Waals surface area contributed by atoms with Crippen molar-refractivity contribution in [1.29, 1.82) is 0 Å². The lowest BCUT2D eigenvalue weighted by molar-refractivity contribution is -0.117. The molecule has 2 aromatic carbocycles. The van der Waals surface area contributed by atoms with Crippen molar-refractivity contribution in [2.75, 3.05) is 18.1 Å². The van der Waals surface area contributed by atoms with Crippen molar-refractivity contribution in [3.8, 4) is 11.1 Å².